The number of halogens is 2. The van der Waals surface area contributed by atoms with Gasteiger partial charge in [0.2, 0.25) is 0 Å². The van der Waals surface area contributed by atoms with Crippen LogP contribution in [0.15, 0.2) is 0 Å². The van der Waals surface area contributed by atoms with Crippen molar-refractivity contribution in [3.8, 4) is 0 Å². The van der Waals surface area contributed by atoms with Crippen molar-refractivity contribution in [2.75, 3.05) is 6.54 Å². The summed E-state index contributed by atoms with van der Waals surface area (Å²) in [7, 11) is 0. The fraction of sp³-hybridized carbons (Fsp3) is 0.750. The third kappa shape index (κ3) is 7.68. The molecule has 0 aliphatic heterocycles. The van der Waals surface area contributed by atoms with Gasteiger partial charge in [0.05, 0.1) is 6.54 Å². The van der Waals surface area contributed by atoms with Crippen molar-refractivity contribution >= 4 is 17.9 Å². The predicted molar refractivity (Wildman–Crippen MR) is 33.0 cm³/mol. The highest BCUT2D eigenvalue weighted by atomic mass is 32.1. The van der Waals surface area contributed by atoms with E-state index < -0.39 is 17.7 Å². The van der Waals surface area contributed by atoms with Crippen LogP contribution in [-0.2, 0) is 0 Å². The summed E-state index contributed by atoms with van der Waals surface area (Å²) < 4.78 is 23.7. The van der Waals surface area contributed by atoms with Crippen molar-refractivity contribution < 1.29 is 13.6 Å². The van der Waals surface area contributed by atoms with Gasteiger partial charge >= 0.3 is 0 Å². The molecule has 0 aromatic heterocycles. The van der Waals surface area contributed by atoms with E-state index in [2.05, 4.69) is 12.6 Å². The van der Waals surface area contributed by atoms with E-state index in [1.54, 1.807) is 0 Å². The van der Waals surface area contributed by atoms with Crippen LogP contribution in [0.3, 0.4) is 0 Å². The van der Waals surface area contributed by atoms with Crippen LogP contribution in [0.25, 0.3) is 0 Å². The summed E-state index contributed by atoms with van der Waals surface area (Å²) >= 11 is 3.23. The van der Waals surface area contributed by atoms with Gasteiger partial charge in [-0.3, -0.25) is 4.79 Å². The van der Waals surface area contributed by atoms with E-state index in [0.717, 1.165) is 6.92 Å². The first kappa shape index (κ1) is 8.68. The average Bonchev–Trinajstić information content (AvgIpc) is 1.59. The zero-order valence-electron chi connectivity index (χ0n) is 4.82. The van der Waals surface area contributed by atoms with Crippen LogP contribution in [0.5, 0.6) is 0 Å². The third-order valence-electron chi connectivity index (χ3n) is 0.550. The fourth-order valence-corrected chi connectivity index (χ4v) is 0.310. The van der Waals surface area contributed by atoms with Crippen LogP contribution < -0.4 is 5.32 Å². The van der Waals surface area contributed by atoms with Gasteiger partial charge in [0.25, 0.3) is 11.2 Å². The highest BCUT2D eigenvalue weighted by Crippen LogP contribution is 2.08. The van der Waals surface area contributed by atoms with Gasteiger partial charge in [0.1, 0.15) is 0 Å². The number of hydrogen-bond donors (Lipinski definition) is 2. The topological polar surface area (TPSA) is 29.1 Å². The van der Waals surface area contributed by atoms with Gasteiger partial charge in [-0.25, -0.2) is 8.78 Å². The Balaban J connectivity index is 3.39. The number of carbonyl (C=O) groups excluding carboxylic acids is 1. The normalized spacial score (nSPS) is 11.1. The highest BCUT2D eigenvalue weighted by Gasteiger charge is 2.20. The third-order valence-corrected chi connectivity index (χ3v) is 0.708. The molecular weight excluding hydrogens is 148 g/mol. The quantitative estimate of drug-likeness (QED) is 0.578. The van der Waals surface area contributed by atoms with Crippen LogP contribution in [0.2, 0.25) is 0 Å². The lowest BCUT2D eigenvalue weighted by Gasteiger charge is -2.08. The molecule has 0 saturated heterocycles. The van der Waals surface area contributed by atoms with E-state index in [9.17, 15) is 13.6 Å². The van der Waals surface area contributed by atoms with Gasteiger partial charge in [0.15, 0.2) is 0 Å². The van der Waals surface area contributed by atoms with E-state index in [1.165, 1.54) is 0 Å². The van der Waals surface area contributed by atoms with Crippen molar-refractivity contribution in [3.05, 3.63) is 0 Å². The van der Waals surface area contributed by atoms with Gasteiger partial charge in [-0.2, -0.15) is 0 Å². The molecule has 1 N–H and O–H groups in total. The summed E-state index contributed by atoms with van der Waals surface area (Å²) in [5.74, 6) is -2.85. The fourth-order valence-electron chi connectivity index (χ4n) is 0.231. The first-order valence-electron chi connectivity index (χ1n) is 2.26. The largest absolute Gasteiger partial charge is 0.341 e. The minimum atomic E-state index is -2.85. The Labute approximate surface area is 57.0 Å². The molecule has 0 radical (unpaired) electrons. The van der Waals surface area contributed by atoms with Crippen molar-refractivity contribution in [2.24, 2.45) is 0 Å². The molecule has 5 heteroatoms. The molecule has 0 heterocycles. The SMILES string of the molecule is CC(F)(F)CNC(=O)S. The lowest BCUT2D eigenvalue weighted by atomic mass is 10.4. The minimum absolute atomic E-state index is 0.657. The molecule has 1 amide bonds. The van der Waals surface area contributed by atoms with Gasteiger partial charge in [-0.05, 0) is 0 Å². The van der Waals surface area contributed by atoms with Crippen LogP contribution in [0, 0.1) is 0 Å². The van der Waals surface area contributed by atoms with Crippen LogP contribution in [0.1, 0.15) is 6.92 Å². The van der Waals surface area contributed by atoms with Crippen molar-refractivity contribution in [1.29, 1.82) is 0 Å². The summed E-state index contributed by atoms with van der Waals surface area (Å²) in [5, 5.41) is 1.12. The Morgan fingerprint density at radius 1 is 1.78 bits per heavy atom. The highest BCUT2D eigenvalue weighted by molar-refractivity contribution is 7.96. The van der Waals surface area contributed by atoms with E-state index in [4.69, 9.17) is 0 Å². The van der Waals surface area contributed by atoms with Gasteiger partial charge in [0, 0.05) is 6.92 Å². The Bertz CT molecular complexity index is 112. The first-order chi connectivity index (χ1) is 3.92. The number of hydrogen-bond acceptors (Lipinski definition) is 1. The van der Waals surface area contributed by atoms with Gasteiger partial charge in [-0.1, -0.05) is 12.6 Å². The summed E-state index contributed by atoms with van der Waals surface area (Å²) in [6.45, 7) is 0.0616. The molecule has 2 nitrogen and oxygen atoms in total. The Morgan fingerprint density at radius 3 is 2.33 bits per heavy atom. The molecule has 0 fully saturated rings. The Kier molecular flexibility index (Phi) is 2.90. The molecule has 0 aromatic carbocycles. The maximum Gasteiger partial charge on any atom is 0.276 e. The Morgan fingerprint density at radius 2 is 2.22 bits per heavy atom. The number of nitrogens with one attached hydrogen (secondary N) is 1. The molecule has 54 valence electrons. The van der Waals surface area contributed by atoms with Crippen LogP contribution >= 0.6 is 12.6 Å². The number of amides is 1. The molecule has 0 bridgehead atoms. The second-order valence-corrected chi connectivity index (χ2v) is 2.14. The molecular formula is C4H7F2NOS. The van der Waals surface area contributed by atoms with Gasteiger partial charge < -0.3 is 5.32 Å². The summed E-state index contributed by atoms with van der Waals surface area (Å²) in [4.78, 5) is 9.91. The first-order valence-corrected chi connectivity index (χ1v) is 2.71. The smallest absolute Gasteiger partial charge is 0.276 e. The molecule has 9 heavy (non-hydrogen) atoms. The van der Waals surface area contributed by atoms with Crippen molar-refractivity contribution in [2.45, 2.75) is 12.8 Å². The molecule has 0 saturated carbocycles. The van der Waals surface area contributed by atoms with E-state index in [-0.39, 0.29) is 0 Å². The number of carbonyl (C=O) groups is 1. The molecule has 0 aliphatic carbocycles. The number of alkyl halides is 2. The molecule has 0 rings (SSSR count). The Hall–Kier alpha value is -0.320. The lowest BCUT2D eigenvalue weighted by molar-refractivity contribution is 0.0262. The standard InChI is InChI=1S/C4H7F2NOS/c1-4(5,6)2-7-3(8)9/h2H2,1H3,(H2,7,8,9). The lowest BCUT2D eigenvalue weighted by Crippen LogP contribution is -2.31. The maximum absolute atomic E-state index is 11.8. The van der Waals surface area contributed by atoms with E-state index in [1.807, 2.05) is 5.32 Å². The zero-order chi connectivity index (χ0) is 7.49. The number of thiol groups is 1. The van der Waals surface area contributed by atoms with E-state index >= 15 is 0 Å². The summed E-state index contributed by atoms with van der Waals surface area (Å²) in [6, 6.07) is 0. The second kappa shape index (κ2) is 3.00. The average molecular weight is 155 g/mol. The predicted octanol–water partition coefficient (Wildman–Crippen LogP) is 1.28. The molecule has 0 atom stereocenters. The van der Waals surface area contributed by atoms with Crippen molar-refractivity contribution in [3.63, 3.8) is 0 Å². The zero-order valence-corrected chi connectivity index (χ0v) is 5.71. The van der Waals surface area contributed by atoms with Crippen molar-refractivity contribution in [1.82, 2.24) is 5.32 Å². The van der Waals surface area contributed by atoms with E-state index in [0.29, 0.717) is 0 Å². The molecule has 0 spiro atoms. The summed E-state index contributed by atoms with van der Waals surface area (Å²) in [6.07, 6.45) is 0. The molecule has 0 aromatic rings. The number of rotatable bonds is 2. The summed E-state index contributed by atoms with van der Waals surface area (Å²) in [5.41, 5.74) is 0. The van der Waals surface area contributed by atoms with Gasteiger partial charge in [-0.15, -0.1) is 0 Å². The second-order valence-electron chi connectivity index (χ2n) is 1.73. The molecule has 0 aliphatic rings. The van der Waals surface area contributed by atoms with Crippen LogP contribution in [-0.4, -0.2) is 17.7 Å². The monoisotopic (exact) mass is 155 g/mol. The maximum atomic E-state index is 11.8. The molecule has 0 unspecified atom stereocenters. The van der Waals surface area contributed by atoms with Crippen LogP contribution in [0.4, 0.5) is 13.6 Å². The minimum Gasteiger partial charge on any atom is -0.341 e.